The second-order valence-electron chi connectivity index (χ2n) is 3.43. The maximum Gasteiger partial charge on any atom is 0.115 e. The summed E-state index contributed by atoms with van der Waals surface area (Å²) in [7, 11) is 0. The maximum absolute atomic E-state index is 4.02. The zero-order chi connectivity index (χ0) is 8.97. The van der Waals surface area contributed by atoms with Crippen LogP contribution in [-0.4, -0.2) is 9.97 Å². The molecule has 1 aromatic heterocycles. The van der Waals surface area contributed by atoms with Gasteiger partial charge in [0.1, 0.15) is 6.33 Å². The van der Waals surface area contributed by atoms with Gasteiger partial charge in [0.05, 0.1) is 0 Å². The van der Waals surface area contributed by atoms with Crippen molar-refractivity contribution in [1.29, 1.82) is 0 Å². The van der Waals surface area contributed by atoms with Crippen LogP contribution in [-0.2, 0) is 0 Å². The second-order valence-corrected chi connectivity index (χ2v) is 3.43. The number of aromatic nitrogens is 2. The van der Waals surface area contributed by atoms with Crippen LogP contribution in [0.5, 0.6) is 0 Å². The molecule has 2 heteroatoms. The standard InChI is InChI=1S/C10H16N2/c1-4-10(8(2)3)9-5-11-7-12-6-9/h5-8,10H,4H2,1-3H3. The number of hydrogen-bond acceptors (Lipinski definition) is 2. The largest absolute Gasteiger partial charge is 0.245 e. The average molecular weight is 164 g/mol. The summed E-state index contributed by atoms with van der Waals surface area (Å²) in [5, 5.41) is 0. The first-order valence-corrected chi connectivity index (χ1v) is 4.50. The predicted molar refractivity (Wildman–Crippen MR) is 49.9 cm³/mol. The van der Waals surface area contributed by atoms with E-state index in [1.165, 1.54) is 5.56 Å². The Morgan fingerprint density at radius 2 is 1.83 bits per heavy atom. The molecule has 0 saturated heterocycles. The third-order valence-electron chi connectivity index (χ3n) is 2.25. The topological polar surface area (TPSA) is 25.8 Å². The van der Waals surface area contributed by atoms with Crippen molar-refractivity contribution in [3.63, 3.8) is 0 Å². The Balaban J connectivity index is 2.80. The lowest BCUT2D eigenvalue weighted by molar-refractivity contribution is 0.482. The van der Waals surface area contributed by atoms with Gasteiger partial charge in [-0.2, -0.15) is 0 Å². The molecule has 0 saturated carbocycles. The van der Waals surface area contributed by atoms with Crippen LogP contribution in [0.3, 0.4) is 0 Å². The molecule has 1 atom stereocenters. The van der Waals surface area contributed by atoms with Crippen LogP contribution < -0.4 is 0 Å². The Bertz CT molecular complexity index is 219. The molecule has 0 radical (unpaired) electrons. The minimum absolute atomic E-state index is 0.603. The Labute approximate surface area is 74.1 Å². The van der Waals surface area contributed by atoms with Gasteiger partial charge >= 0.3 is 0 Å². The molecule has 0 aromatic carbocycles. The summed E-state index contributed by atoms with van der Waals surface area (Å²) in [6, 6.07) is 0. The van der Waals surface area contributed by atoms with Crippen molar-refractivity contribution in [2.24, 2.45) is 5.92 Å². The molecule has 2 nitrogen and oxygen atoms in total. The van der Waals surface area contributed by atoms with Crippen molar-refractivity contribution in [1.82, 2.24) is 9.97 Å². The molecule has 0 aliphatic heterocycles. The van der Waals surface area contributed by atoms with Crippen LogP contribution >= 0.6 is 0 Å². The highest BCUT2D eigenvalue weighted by molar-refractivity contribution is 5.10. The molecular formula is C10H16N2. The Kier molecular flexibility index (Phi) is 3.20. The molecule has 0 fully saturated rings. The molecule has 12 heavy (non-hydrogen) atoms. The van der Waals surface area contributed by atoms with Crippen LogP contribution in [0.4, 0.5) is 0 Å². The molecule has 1 rings (SSSR count). The molecule has 1 aromatic rings. The third kappa shape index (κ3) is 2.03. The lowest BCUT2D eigenvalue weighted by Crippen LogP contribution is -2.05. The van der Waals surface area contributed by atoms with E-state index in [1.807, 2.05) is 12.4 Å². The summed E-state index contributed by atoms with van der Waals surface area (Å²) in [5.41, 5.74) is 1.26. The van der Waals surface area contributed by atoms with Crippen molar-refractivity contribution < 1.29 is 0 Å². The van der Waals surface area contributed by atoms with Crippen molar-refractivity contribution in [3.8, 4) is 0 Å². The lowest BCUT2D eigenvalue weighted by Gasteiger charge is -2.17. The minimum atomic E-state index is 0.603. The summed E-state index contributed by atoms with van der Waals surface area (Å²) in [4.78, 5) is 8.05. The highest BCUT2D eigenvalue weighted by Crippen LogP contribution is 2.25. The maximum atomic E-state index is 4.02. The van der Waals surface area contributed by atoms with Crippen molar-refractivity contribution in [3.05, 3.63) is 24.3 Å². The second kappa shape index (κ2) is 4.19. The molecular weight excluding hydrogens is 148 g/mol. The Hall–Kier alpha value is -0.920. The highest BCUT2D eigenvalue weighted by atomic mass is 14.8. The van der Waals surface area contributed by atoms with Gasteiger partial charge in [0.2, 0.25) is 0 Å². The Morgan fingerprint density at radius 1 is 1.25 bits per heavy atom. The molecule has 0 bridgehead atoms. The summed E-state index contributed by atoms with van der Waals surface area (Å²) >= 11 is 0. The first-order chi connectivity index (χ1) is 5.75. The minimum Gasteiger partial charge on any atom is -0.245 e. The molecule has 1 unspecified atom stereocenters. The van der Waals surface area contributed by atoms with E-state index in [-0.39, 0.29) is 0 Å². The molecule has 66 valence electrons. The third-order valence-corrected chi connectivity index (χ3v) is 2.25. The van der Waals surface area contributed by atoms with E-state index in [1.54, 1.807) is 6.33 Å². The quantitative estimate of drug-likeness (QED) is 0.686. The van der Waals surface area contributed by atoms with E-state index in [2.05, 4.69) is 30.7 Å². The van der Waals surface area contributed by atoms with Gasteiger partial charge in [0.15, 0.2) is 0 Å². The Morgan fingerprint density at radius 3 is 2.25 bits per heavy atom. The van der Waals surface area contributed by atoms with E-state index in [0.717, 1.165) is 6.42 Å². The number of rotatable bonds is 3. The fourth-order valence-corrected chi connectivity index (χ4v) is 1.59. The van der Waals surface area contributed by atoms with Gasteiger partial charge in [0.25, 0.3) is 0 Å². The van der Waals surface area contributed by atoms with Gasteiger partial charge in [0, 0.05) is 12.4 Å². The fraction of sp³-hybridized carbons (Fsp3) is 0.600. The predicted octanol–water partition coefficient (Wildman–Crippen LogP) is 2.63. The van der Waals surface area contributed by atoms with Crippen LogP contribution in [0.2, 0.25) is 0 Å². The van der Waals surface area contributed by atoms with E-state index in [4.69, 9.17) is 0 Å². The van der Waals surface area contributed by atoms with Crippen molar-refractivity contribution in [2.45, 2.75) is 33.1 Å². The van der Waals surface area contributed by atoms with E-state index >= 15 is 0 Å². The van der Waals surface area contributed by atoms with Gasteiger partial charge in [-0.25, -0.2) is 9.97 Å². The summed E-state index contributed by atoms with van der Waals surface area (Å²) in [6.45, 7) is 6.68. The van der Waals surface area contributed by atoms with Crippen LogP contribution in [0.1, 0.15) is 38.7 Å². The van der Waals surface area contributed by atoms with E-state index in [0.29, 0.717) is 11.8 Å². The lowest BCUT2D eigenvalue weighted by atomic mass is 9.88. The monoisotopic (exact) mass is 164 g/mol. The molecule has 0 aliphatic rings. The zero-order valence-corrected chi connectivity index (χ0v) is 7.99. The molecule has 0 aliphatic carbocycles. The van der Waals surface area contributed by atoms with Crippen LogP contribution in [0.15, 0.2) is 18.7 Å². The summed E-state index contributed by atoms with van der Waals surface area (Å²) < 4.78 is 0. The fourth-order valence-electron chi connectivity index (χ4n) is 1.59. The number of hydrogen-bond donors (Lipinski definition) is 0. The first-order valence-electron chi connectivity index (χ1n) is 4.50. The van der Waals surface area contributed by atoms with Crippen LogP contribution in [0.25, 0.3) is 0 Å². The van der Waals surface area contributed by atoms with E-state index < -0.39 is 0 Å². The van der Waals surface area contributed by atoms with Gasteiger partial charge < -0.3 is 0 Å². The normalized spacial score (nSPS) is 13.3. The molecule has 0 amide bonds. The van der Waals surface area contributed by atoms with Gasteiger partial charge in [-0.05, 0) is 23.8 Å². The van der Waals surface area contributed by atoms with Crippen LogP contribution in [0, 0.1) is 5.92 Å². The number of nitrogens with zero attached hydrogens (tertiary/aromatic N) is 2. The smallest absolute Gasteiger partial charge is 0.115 e. The van der Waals surface area contributed by atoms with Gasteiger partial charge in [-0.15, -0.1) is 0 Å². The highest BCUT2D eigenvalue weighted by Gasteiger charge is 2.13. The van der Waals surface area contributed by atoms with Crippen molar-refractivity contribution >= 4 is 0 Å². The SMILES string of the molecule is CCC(c1cncnc1)C(C)C. The molecule has 0 N–H and O–H groups in total. The first kappa shape index (κ1) is 9.17. The summed E-state index contributed by atoms with van der Waals surface area (Å²) in [5.74, 6) is 1.27. The van der Waals surface area contributed by atoms with Gasteiger partial charge in [-0.3, -0.25) is 0 Å². The van der Waals surface area contributed by atoms with Gasteiger partial charge in [-0.1, -0.05) is 20.8 Å². The van der Waals surface area contributed by atoms with E-state index in [9.17, 15) is 0 Å². The molecule has 1 heterocycles. The van der Waals surface area contributed by atoms with Crippen molar-refractivity contribution in [2.75, 3.05) is 0 Å². The molecule has 0 spiro atoms. The summed E-state index contributed by atoms with van der Waals surface area (Å²) in [6.07, 6.45) is 6.57. The average Bonchev–Trinajstić information content (AvgIpc) is 2.07. The zero-order valence-electron chi connectivity index (χ0n) is 7.99.